The second kappa shape index (κ2) is 6.56. The van der Waals surface area contributed by atoms with Crippen molar-refractivity contribution in [3.05, 3.63) is 75.0 Å². The molecule has 0 aliphatic carbocycles. The average molecular weight is 338 g/mol. The molecule has 0 atom stereocenters. The van der Waals surface area contributed by atoms with Gasteiger partial charge in [0.15, 0.2) is 5.70 Å². The van der Waals surface area contributed by atoms with E-state index in [1.54, 1.807) is 37.3 Å². The molecule has 2 aromatic carbocycles. The van der Waals surface area contributed by atoms with Crippen molar-refractivity contribution in [3.63, 3.8) is 0 Å². The van der Waals surface area contributed by atoms with Gasteiger partial charge in [0.2, 0.25) is 5.90 Å². The minimum absolute atomic E-state index is 0.0363. The van der Waals surface area contributed by atoms with Gasteiger partial charge in [-0.15, -0.1) is 0 Å². The summed E-state index contributed by atoms with van der Waals surface area (Å²) < 4.78 is 10.4. The van der Waals surface area contributed by atoms with Crippen molar-refractivity contribution in [1.29, 1.82) is 0 Å². The first kappa shape index (κ1) is 16.4. The molecule has 0 N–H and O–H groups in total. The summed E-state index contributed by atoms with van der Waals surface area (Å²) in [7, 11) is 1.53. The minimum Gasteiger partial charge on any atom is -0.496 e. The molecule has 1 heterocycles. The molecule has 0 bridgehead atoms. The molecule has 1 aliphatic heterocycles. The number of benzene rings is 2. The van der Waals surface area contributed by atoms with Crippen molar-refractivity contribution in [1.82, 2.24) is 0 Å². The Kier molecular flexibility index (Phi) is 4.30. The molecule has 2 aromatic rings. The summed E-state index contributed by atoms with van der Waals surface area (Å²) >= 11 is 0. The number of methoxy groups -OCH3 is 1. The van der Waals surface area contributed by atoms with Crippen LogP contribution in [0.5, 0.6) is 5.75 Å². The molecule has 0 aromatic heterocycles. The molecule has 0 radical (unpaired) electrons. The van der Waals surface area contributed by atoms with Crippen LogP contribution in [-0.2, 0) is 9.53 Å². The predicted molar refractivity (Wildman–Crippen MR) is 91.4 cm³/mol. The fraction of sp³-hybridized carbons (Fsp3) is 0.111. The maximum Gasteiger partial charge on any atom is 0.363 e. The van der Waals surface area contributed by atoms with Gasteiger partial charge in [0.1, 0.15) is 5.75 Å². The van der Waals surface area contributed by atoms with Gasteiger partial charge >= 0.3 is 5.97 Å². The molecular formula is C18H14N2O5. The van der Waals surface area contributed by atoms with E-state index in [2.05, 4.69) is 4.99 Å². The number of nitro groups is 1. The molecule has 0 saturated heterocycles. The maximum absolute atomic E-state index is 12.1. The number of carbonyl (C=O) groups is 1. The lowest BCUT2D eigenvalue weighted by atomic mass is 10.1. The number of esters is 1. The lowest BCUT2D eigenvalue weighted by Crippen LogP contribution is -2.06. The van der Waals surface area contributed by atoms with Gasteiger partial charge in [-0.2, -0.15) is 0 Å². The molecule has 0 fully saturated rings. The standard InChI is InChI=1S/C18H14N2O5/c1-11-7-8-13(10-15(11)20(22)23)17-19-14(18(21)25-17)9-12-5-3-4-6-16(12)24-2/h3-10H,1-2H3/b14-9-. The molecule has 7 nitrogen and oxygen atoms in total. The van der Waals surface area contributed by atoms with E-state index in [-0.39, 0.29) is 17.3 Å². The van der Waals surface area contributed by atoms with E-state index >= 15 is 0 Å². The quantitative estimate of drug-likeness (QED) is 0.369. The van der Waals surface area contributed by atoms with E-state index in [4.69, 9.17) is 9.47 Å². The van der Waals surface area contributed by atoms with Gasteiger partial charge in [-0.3, -0.25) is 10.1 Å². The van der Waals surface area contributed by atoms with Gasteiger partial charge < -0.3 is 9.47 Å². The Morgan fingerprint density at radius 3 is 2.72 bits per heavy atom. The number of hydrogen-bond donors (Lipinski definition) is 0. The summed E-state index contributed by atoms with van der Waals surface area (Å²) in [6.45, 7) is 1.64. The van der Waals surface area contributed by atoms with E-state index < -0.39 is 10.9 Å². The largest absolute Gasteiger partial charge is 0.496 e. The van der Waals surface area contributed by atoms with Gasteiger partial charge in [0.25, 0.3) is 5.69 Å². The monoisotopic (exact) mass is 338 g/mol. The van der Waals surface area contributed by atoms with Crippen molar-refractivity contribution < 1.29 is 19.2 Å². The van der Waals surface area contributed by atoms with Crippen LogP contribution >= 0.6 is 0 Å². The van der Waals surface area contributed by atoms with E-state index in [9.17, 15) is 14.9 Å². The Balaban J connectivity index is 1.99. The van der Waals surface area contributed by atoms with Crippen molar-refractivity contribution >= 4 is 23.6 Å². The topological polar surface area (TPSA) is 91.0 Å². The molecule has 3 rings (SSSR count). The number of aliphatic imine (C=N–C) groups is 1. The van der Waals surface area contributed by atoms with Crippen molar-refractivity contribution in [2.24, 2.45) is 4.99 Å². The fourth-order valence-corrected chi connectivity index (χ4v) is 2.40. The van der Waals surface area contributed by atoms with Gasteiger partial charge in [-0.1, -0.05) is 24.3 Å². The first-order valence-electron chi connectivity index (χ1n) is 7.40. The van der Waals surface area contributed by atoms with Crippen molar-refractivity contribution in [3.8, 4) is 5.75 Å². The van der Waals surface area contributed by atoms with E-state index in [1.165, 1.54) is 13.2 Å². The van der Waals surface area contributed by atoms with Crippen LogP contribution in [0.4, 0.5) is 5.69 Å². The summed E-state index contributed by atoms with van der Waals surface area (Å²) in [4.78, 5) is 26.8. The molecule has 7 heteroatoms. The van der Waals surface area contributed by atoms with Crippen molar-refractivity contribution in [2.45, 2.75) is 6.92 Å². The van der Waals surface area contributed by atoms with Crippen LogP contribution in [0, 0.1) is 17.0 Å². The lowest BCUT2D eigenvalue weighted by molar-refractivity contribution is -0.385. The third kappa shape index (κ3) is 3.25. The van der Waals surface area contributed by atoms with Crippen LogP contribution in [0.1, 0.15) is 16.7 Å². The Bertz CT molecular complexity index is 931. The number of para-hydroxylation sites is 1. The van der Waals surface area contributed by atoms with Crippen molar-refractivity contribution in [2.75, 3.05) is 7.11 Å². The normalized spacial score (nSPS) is 15.0. The molecule has 0 saturated carbocycles. The molecule has 25 heavy (non-hydrogen) atoms. The first-order valence-corrected chi connectivity index (χ1v) is 7.40. The number of nitro benzene ring substituents is 1. The SMILES string of the molecule is COc1ccccc1/C=C1\N=C(c2ccc(C)c([N+](=O)[O-])c2)OC1=O. The Hall–Kier alpha value is -3.48. The number of hydrogen-bond acceptors (Lipinski definition) is 6. The number of carbonyl (C=O) groups excluding carboxylic acids is 1. The van der Waals surface area contributed by atoms with Crippen LogP contribution in [0.15, 0.2) is 53.2 Å². The molecule has 0 amide bonds. The summed E-state index contributed by atoms with van der Waals surface area (Å²) in [5, 5.41) is 11.1. The van der Waals surface area contributed by atoms with Gasteiger partial charge in [-0.05, 0) is 25.1 Å². The Morgan fingerprint density at radius 1 is 1.24 bits per heavy atom. The highest BCUT2D eigenvalue weighted by molar-refractivity contribution is 6.13. The highest BCUT2D eigenvalue weighted by Gasteiger charge is 2.26. The van der Waals surface area contributed by atoms with Gasteiger partial charge in [0.05, 0.1) is 12.0 Å². The van der Waals surface area contributed by atoms with Crippen LogP contribution in [0.3, 0.4) is 0 Å². The Labute approximate surface area is 143 Å². The highest BCUT2D eigenvalue weighted by Crippen LogP contribution is 2.26. The van der Waals surface area contributed by atoms with E-state index in [0.717, 1.165) is 0 Å². The lowest BCUT2D eigenvalue weighted by Gasteiger charge is -2.03. The fourth-order valence-electron chi connectivity index (χ4n) is 2.40. The summed E-state index contributed by atoms with van der Waals surface area (Å²) in [6, 6.07) is 11.7. The van der Waals surface area contributed by atoms with E-state index in [0.29, 0.717) is 22.4 Å². The van der Waals surface area contributed by atoms with E-state index in [1.807, 2.05) is 12.1 Å². The number of nitrogens with zero attached hydrogens (tertiary/aromatic N) is 2. The third-order valence-electron chi connectivity index (χ3n) is 3.70. The van der Waals surface area contributed by atoms with Gasteiger partial charge in [-0.25, -0.2) is 9.79 Å². The second-order valence-electron chi connectivity index (χ2n) is 5.34. The zero-order valence-corrected chi connectivity index (χ0v) is 13.6. The zero-order valence-electron chi connectivity index (χ0n) is 13.6. The maximum atomic E-state index is 12.1. The number of rotatable bonds is 4. The minimum atomic E-state index is -0.621. The third-order valence-corrected chi connectivity index (χ3v) is 3.70. The van der Waals surface area contributed by atoms with Crippen LogP contribution < -0.4 is 4.74 Å². The Morgan fingerprint density at radius 2 is 2.00 bits per heavy atom. The molecule has 126 valence electrons. The highest BCUT2D eigenvalue weighted by atomic mass is 16.6. The smallest absolute Gasteiger partial charge is 0.363 e. The van der Waals surface area contributed by atoms with Gasteiger partial charge in [0, 0.05) is 22.8 Å². The number of aryl methyl sites for hydroxylation is 1. The summed E-state index contributed by atoms with van der Waals surface area (Å²) in [5.74, 6) is 0.0100. The average Bonchev–Trinajstić information content (AvgIpc) is 2.96. The second-order valence-corrected chi connectivity index (χ2v) is 5.34. The van der Waals surface area contributed by atoms with Crippen LogP contribution in [-0.4, -0.2) is 23.9 Å². The molecular weight excluding hydrogens is 324 g/mol. The number of cyclic esters (lactones) is 1. The summed E-state index contributed by atoms with van der Waals surface area (Å²) in [6.07, 6.45) is 1.55. The summed E-state index contributed by atoms with van der Waals surface area (Å²) in [5.41, 5.74) is 1.61. The van der Waals surface area contributed by atoms with Crippen LogP contribution in [0.2, 0.25) is 0 Å². The zero-order chi connectivity index (χ0) is 18.0. The molecule has 0 unspecified atom stereocenters. The first-order chi connectivity index (χ1) is 12.0. The molecule has 1 aliphatic rings. The van der Waals surface area contributed by atoms with Crippen LogP contribution in [0.25, 0.3) is 6.08 Å². The molecule has 0 spiro atoms. The predicted octanol–water partition coefficient (Wildman–Crippen LogP) is 3.26. The number of ether oxygens (including phenoxy) is 2.